The first-order valence-electron chi connectivity index (χ1n) is 7.47. The lowest BCUT2D eigenvalue weighted by Gasteiger charge is -2.09. The second-order valence-electron chi connectivity index (χ2n) is 5.42. The number of aryl methyl sites for hydroxylation is 2. The van der Waals surface area contributed by atoms with Gasteiger partial charge in [-0.05, 0) is 24.6 Å². The molecule has 7 nitrogen and oxygen atoms in total. The zero-order chi connectivity index (χ0) is 17.4. The standard InChI is InChI=1S/C16H17BrN4O3/c1-4-24-15-18-13-12(19(15)2)14(22)21(16(23)20(13)3)9-10-6-5-7-11(17)8-10/h5-8H,4,9H2,1-3H3. The third-order valence-electron chi connectivity index (χ3n) is 3.82. The van der Waals surface area contributed by atoms with Gasteiger partial charge in [-0.3, -0.25) is 18.5 Å². The summed E-state index contributed by atoms with van der Waals surface area (Å²) in [4.78, 5) is 29.7. The number of fused-ring (bicyclic) bond motifs is 1. The SMILES string of the molecule is CCOc1nc2c(c(=O)n(Cc3cccc(Br)c3)c(=O)n2C)n1C. The Morgan fingerprint density at radius 2 is 1.96 bits per heavy atom. The fourth-order valence-electron chi connectivity index (χ4n) is 2.64. The molecule has 0 saturated heterocycles. The predicted molar refractivity (Wildman–Crippen MR) is 94.6 cm³/mol. The largest absolute Gasteiger partial charge is 0.465 e. The van der Waals surface area contributed by atoms with Crippen LogP contribution in [0.2, 0.25) is 0 Å². The molecule has 0 bridgehead atoms. The molecule has 0 saturated carbocycles. The zero-order valence-corrected chi connectivity index (χ0v) is 15.2. The van der Waals surface area contributed by atoms with Crippen LogP contribution in [0.25, 0.3) is 11.2 Å². The molecule has 24 heavy (non-hydrogen) atoms. The van der Waals surface area contributed by atoms with E-state index in [0.29, 0.717) is 23.8 Å². The Balaban J connectivity index is 2.24. The number of aromatic nitrogens is 4. The number of halogens is 1. The van der Waals surface area contributed by atoms with Crippen molar-refractivity contribution in [1.29, 1.82) is 0 Å². The Morgan fingerprint density at radius 3 is 2.62 bits per heavy atom. The van der Waals surface area contributed by atoms with E-state index < -0.39 is 5.69 Å². The number of ether oxygens (including phenoxy) is 1. The third kappa shape index (κ3) is 2.66. The Morgan fingerprint density at radius 1 is 1.21 bits per heavy atom. The number of benzene rings is 1. The highest BCUT2D eigenvalue weighted by Gasteiger charge is 2.19. The van der Waals surface area contributed by atoms with Crippen LogP contribution in [0.4, 0.5) is 0 Å². The second kappa shape index (κ2) is 6.27. The molecule has 0 radical (unpaired) electrons. The molecule has 0 N–H and O–H groups in total. The van der Waals surface area contributed by atoms with Gasteiger partial charge < -0.3 is 4.74 Å². The lowest BCUT2D eigenvalue weighted by molar-refractivity contribution is 0.304. The molecule has 3 rings (SSSR count). The average Bonchev–Trinajstić information content (AvgIpc) is 2.87. The van der Waals surface area contributed by atoms with Crippen LogP contribution in [0.5, 0.6) is 6.01 Å². The maximum atomic E-state index is 12.9. The van der Waals surface area contributed by atoms with E-state index in [0.717, 1.165) is 10.0 Å². The van der Waals surface area contributed by atoms with Crippen molar-refractivity contribution in [3.8, 4) is 6.01 Å². The lowest BCUT2D eigenvalue weighted by atomic mass is 10.2. The molecular weight excluding hydrogens is 376 g/mol. The molecular formula is C16H17BrN4O3. The summed E-state index contributed by atoms with van der Waals surface area (Å²) in [5.74, 6) is 0. The van der Waals surface area contributed by atoms with Crippen LogP contribution >= 0.6 is 15.9 Å². The molecule has 0 fully saturated rings. The van der Waals surface area contributed by atoms with Crippen LogP contribution in [0.3, 0.4) is 0 Å². The topological polar surface area (TPSA) is 71.1 Å². The molecule has 0 unspecified atom stereocenters. The molecule has 0 aliphatic rings. The van der Waals surface area contributed by atoms with Crippen LogP contribution in [-0.4, -0.2) is 25.3 Å². The van der Waals surface area contributed by atoms with Crippen LogP contribution in [0.15, 0.2) is 38.3 Å². The summed E-state index contributed by atoms with van der Waals surface area (Å²) in [7, 11) is 3.31. The van der Waals surface area contributed by atoms with E-state index in [9.17, 15) is 9.59 Å². The van der Waals surface area contributed by atoms with Gasteiger partial charge in [0.05, 0.1) is 13.2 Å². The fraction of sp³-hybridized carbons (Fsp3) is 0.312. The van der Waals surface area contributed by atoms with Gasteiger partial charge in [-0.1, -0.05) is 28.1 Å². The van der Waals surface area contributed by atoms with Crippen LogP contribution in [0, 0.1) is 0 Å². The lowest BCUT2D eigenvalue weighted by Crippen LogP contribution is -2.39. The Kier molecular flexibility index (Phi) is 4.31. The first kappa shape index (κ1) is 16.5. The number of hydrogen-bond donors (Lipinski definition) is 0. The van der Waals surface area contributed by atoms with Gasteiger partial charge in [0.15, 0.2) is 11.2 Å². The van der Waals surface area contributed by atoms with E-state index >= 15 is 0 Å². The number of hydrogen-bond acceptors (Lipinski definition) is 4. The summed E-state index contributed by atoms with van der Waals surface area (Å²) in [6, 6.07) is 7.83. The minimum Gasteiger partial charge on any atom is -0.465 e. The zero-order valence-electron chi connectivity index (χ0n) is 13.6. The molecule has 0 aliphatic heterocycles. The maximum absolute atomic E-state index is 12.9. The summed E-state index contributed by atoms with van der Waals surface area (Å²) in [5, 5.41) is 0. The Labute approximate surface area is 146 Å². The van der Waals surface area contributed by atoms with Crippen molar-refractivity contribution in [2.45, 2.75) is 13.5 Å². The Bertz CT molecular complexity index is 1030. The molecule has 0 spiro atoms. The van der Waals surface area contributed by atoms with Crippen molar-refractivity contribution in [3.05, 3.63) is 55.1 Å². The van der Waals surface area contributed by atoms with Crippen LogP contribution < -0.4 is 16.0 Å². The maximum Gasteiger partial charge on any atom is 0.332 e. The van der Waals surface area contributed by atoms with Gasteiger partial charge in [0, 0.05) is 18.6 Å². The molecule has 0 atom stereocenters. The van der Waals surface area contributed by atoms with E-state index in [-0.39, 0.29) is 12.1 Å². The van der Waals surface area contributed by atoms with Crippen molar-refractivity contribution >= 4 is 27.1 Å². The number of imidazole rings is 1. The van der Waals surface area contributed by atoms with Crippen molar-refractivity contribution in [3.63, 3.8) is 0 Å². The highest BCUT2D eigenvalue weighted by atomic mass is 79.9. The fourth-order valence-corrected chi connectivity index (χ4v) is 3.09. The van der Waals surface area contributed by atoms with Gasteiger partial charge in [0.2, 0.25) is 0 Å². The van der Waals surface area contributed by atoms with Gasteiger partial charge in [0.25, 0.3) is 11.6 Å². The molecule has 1 aromatic carbocycles. The van der Waals surface area contributed by atoms with Gasteiger partial charge in [-0.25, -0.2) is 4.79 Å². The Hall–Kier alpha value is -2.35. The highest BCUT2D eigenvalue weighted by Crippen LogP contribution is 2.16. The van der Waals surface area contributed by atoms with Crippen LogP contribution in [-0.2, 0) is 20.6 Å². The predicted octanol–water partition coefficient (Wildman–Crippen LogP) is 1.64. The molecule has 2 aromatic heterocycles. The summed E-state index contributed by atoms with van der Waals surface area (Å²) >= 11 is 3.40. The van der Waals surface area contributed by atoms with Crippen molar-refractivity contribution < 1.29 is 4.74 Å². The smallest absolute Gasteiger partial charge is 0.332 e. The summed E-state index contributed by atoms with van der Waals surface area (Å²) in [5.41, 5.74) is 0.731. The quantitative estimate of drug-likeness (QED) is 0.676. The molecule has 0 amide bonds. The van der Waals surface area contributed by atoms with E-state index in [1.54, 1.807) is 18.7 Å². The van der Waals surface area contributed by atoms with E-state index in [4.69, 9.17) is 4.74 Å². The molecule has 8 heteroatoms. The normalized spacial score (nSPS) is 11.2. The van der Waals surface area contributed by atoms with E-state index in [2.05, 4.69) is 20.9 Å². The van der Waals surface area contributed by atoms with E-state index in [1.165, 1.54) is 9.13 Å². The van der Waals surface area contributed by atoms with Gasteiger partial charge in [-0.15, -0.1) is 0 Å². The average molecular weight is 393 g/mol. The van der Waals surface area contributed by atoms with Gasteiger partial charge in [0.1, 0.15) is 0 Å². The highest BCUT2D eigenvalue weighted by molar-refractivity contribution is 9.10. The summed E-state index contributed by atoms with van der Waals surface area (Å²) < 4.78 is 10.5. The second-order valence-corrected chi connectivity index (χ2v) is 6.34. The van der Waals surface area contributed by atoms with Crippen molar-refractivity contribution in [2.75, 3.05) is 6.61 Å². The van der Waals surface area contributed by atoms with Crippen molar-refractivity contribution in [2.24, 2.45) is 14.1 Å². The summed E-state index contributed by atoms with van der Waals surface area (Å²) in [6.07, 6.45) is 0. The first-order valence-corrected chi connectivity index (χ1v) is 8.26. The number of rotatable bonds is 4. The molecule has 126 valence electrons. The molecule has 3 aromatic rings. The first-order chi connectivity index (χ1) is 11.4. The van der Waals surface area contributed by atoms with Gasteiger partial charge in [-0.2, -0.15) is 4.98 Å². The monoisotopic (exact) mass is 392 g/mol. The molecule has 2 heterocycles. The van der Waals surface area contributed by atoms with E-state index in [1.807, 2.05) is 31.2 Å². The minimum atomic E-state index is -0.409. The summed E-state index contributed by atoms with van der Waals surface area (Å²) in [6.45, 7) is 2.46. The van der Waals surface area contributed by atoms with Crippen LogP contribution in [0.1, 0.15) is 12.5 Å². The van der Waals surface area contributed by atoms with Gasteiger partial charge >= 0.3 is 5.69 Å². The number of nitrogens with zero attached hydrogens (tertiary/aromatic N) is 4. The third-order valence-corrected chi connectivity index (χ3v) is 4.32. The molecule has 0 aliphatic carbocycles. The minimum absolute atomic E-state index is 0.191. The van der Waals surface area contributed by atoms with Crippen molar-refractivity contribution in [1.82, 2.24) is 18.7 Å².